The molecular weight excluding hydrogens is 320 g/mol. The van der Waals surface area contributed by atoms with E-state index < -0.39 is 6.61 Å². The van der Waals surface area contributed by atoms with Crippen LogP contribution in [0.5, 0.6) is 5.75 Å². The van der Waals surface area contributed by atoms with Crippen LogP contribution in [0, 0.1) is 0 Å². The average Bonchev–Trinajstić information content (AvgIpc) is 3.00. The van der Waals surface area contributed by atoms with Gasteiger partial charge in [0.05, 0.1) is 6.61 Å². The number of benzene rings is 1. The number of nitrogens with zero attached hydrogens (tertiary/aromatic N) is 1. The number of nitrogens with one attached hydrogen (secondary N) is 2. The van der Waals surface area contributed by atoms with Gasteiger partial charge in [-0.3, -0.25) is 4.90 Å². The molecule has 8 heteroatoms. The third-order valence-electron chi connectivity index (χ3n) is 3.92. The van der Waals surface area contributed by atoms with E-state index in [0.29, 0.717) is 24.9 Å². The lowest BCUT2D eigenvalue weighted by atomic mass is 10.2. The van der Waals surface area contributed by atoms with Gasteiger partial charge in [-0.15, -0.1) is 0 Å². The van der Waals surface area contributed by atoms with Gasteiger partial charge in [0.25, 0.3) is 0 Å². The minimum Gasteiger partial charge on any atom is -0.435 e. The zero-order chi connectivity index (χ0) is 17.4. The van der Waals surface area contributed by atoms with Crippen LogP contribution in [0.1, 0.15) is 12.8 Å². The number of likely N-dealkylation sites (tertiary alicyclic amines) is 1. The van der Waals surface area contributed by atoms with Gasteiger partial charge >= 0.3 is 12.6 Å². The molecule has 2 rings (SSSR count). The van der Waals surface area contributed by atoms with E-state index in [1.165, 1.54) is 24.3 Å². The first-order valence-corrected chi connectivity index (χ1v) is 7.91. The van der Waals surface area contributed by atoms with Crippen molar-refractivity contribution in [3.05, 3.63) is 24.3 Å². The molecule has 1 saturated heterocycles. The van der Waals surface area contributed by atoms with E-state index in [-0.39, 0.29) is 11.8 Å². The molecule has 1 atom stereocenters. The van der Waals surface area contributed by atoms with E-state index in [0.717, 1.165) is 25.9 Å². The van der Waals surface area contributed by atoms with Crippen molar-refractivity contribution in [2.24, 2.45) is 0 Å². The highest BCUT2D eigenvalue weighted by atomic mass is 19.3. The van der Waals surface area contributed by atoms with E-state index in [4.69, 9.17) is 4.74 Å². The normalized spacial score (nSPS) is 17.9. The first-order valence-electron chi connectivity index (χ1n) is 7.91. The second-order valence-electron chi connectivity index (χ2n) is 5.56. The van der Waals surface area contributed by atoms with Crippen LogP contribution in [-0.4, -0.2) is 56.9 Å². The van der Waals surface area contributed by atoms with Crippen molar-refractivity contribution < 1.29 is 23.0 Å². The molecule has 2 N–H and O–H groups in total. The zero-order valence-corrected chi connectivity index (χ0v) is 13.6. The Kier molecular flexibility index (Phi) is 7.20. The summed E-state index contributed by atoms with van der Waals surface area (Å²) in [5.41, 5.74) is 0.511. The van der Waals surface area contributed by atoms with Crippen molar-refractivity contribution in [2.45, 2.75) is 25.5 Å². The van der Waals surface area contributed by atoms with Crippen LogP contribution in [-0.2, 0) is 4.74 Å². The lowest BCUT2D eigenvalue weighted by molar-refractivity contribution is -0.0498. The van der Waals surface area contributed by atoms with Gasteiger partial charge in [0.15, 0.2) is 0 Å². The molecule has 24 heavy (non-hydrogen) atoms. The molecule has 2 amide bonds. The predicted molar refractivity (Wildman–Crippen MR) is 86.6 cm³/mol. The van der Waals surface area contributed by atoms with Crippen LogP contribution in [0.3, 0.4) is 0 Å². The van der Waals surface area contributed by atoms with Crippen LogP contribution in [0.15, 0.2) is 24.3 Å². The van der Waals surface area contributed by atoms with Crippen LogP contribution in [0.2, 0.25) is 0 Å². The Balaban J connectivity index is 1.74. The molecule has 1 aromatic carbocycles. The number of urea groups is 1. The minimum absolute atomic E-state index is 0.0516. The summed E-state index contributed by atoms with van der Waals surface area (Å²) in [5, 5.41) is 5.51. The molecule has 0 aromatic heterocycles. The first-order chi connectivity index (χ1) is 11.6. The van der Waals surface area contributed by atoms with Crippen LogP contribution >= 0.6 is 0 Å². The number of carbonyl (C=O) groups is 1. The molecule has 1 aliphatic rings. The van der Waals surface area contributed by atoms with Crippen LogP contribution in [0.4, 0.5) is 19.3 Å². The standard InChI is InChI=1S/C16H23F2N3O3/c1-23-10-9-21-8-2-3-13(21)11-19-16(22)20-12-4-6-14(7-5-12)24-15(17)18/h4-7,13,15H,2-3,8-11H2,1H3,(H2,19,20,22)/t13-/m1/s1. The third kappa shape index (κ3) is 5.93. The summed E-state index contributed by atoms with van der Waals surface area (Å²) in [5.74, 6) is 0.0516. The van der Waals surface area contributed by atoms with E-state index in [1.54, 1.807) is 7.11 Å². The molecule has 1 heterocycles. The summed E-state index contributed by atoms with van der Waals surface area (Å²) >= 11 is 0. The Morgan fingerprint density at radius 2 is 2.12 bits per heavy atom. The van der Waals surface area contributed by atoms with Crippen molar-refractivity contribution in [3.8, 4) is 5.75 Å². The van der Waals surface area contributed by atoms with Crippen molar-refractivity contribution >= 4 is 11.7 Å². The van der Waals surface area contributed by atoms with E-state index >= 15 is 0 Å². The fourth-order valence-electron chi connectivity index (χ4n) is 2.73. The first kappa shape index (κ1) is 18.4. The molecule has 1 aromatic rings. The van der Waals surface area contributed by atoms with Gasteiger partial charge in [-0.2, -0.15) is 8.78 Å². The number of hydrogen-bond donors (Lipinski definition) is 2. The smallest absolute Gasteiger partial charge is 0.387 e. The molecule has 1 aliphatic heterocycles. The number of rotatable bonds is 8. The lowest BCUT2D eigenvalue weighted by Crippen LogP contribution is -2.42. The Hall–Kier alpha value is -1.93. The number of methoxy groups -OCH3 is 1. The van der Waals surface area contributed by atoms with Crippen molar-refractivity contribution in [1.82, 2.24) is 10.2 Å². The Bertz CT molecular complexity index is 514. The molecule has 1 fully saturated rings. The number of halogens is 2. The summed E-state index contributed by atoms with van der Waals surface area (Å²) in [7, 11) is 1.67. The third-order valence-corrected chi connectivity index (χ3v) is 3.92. The monoisotopic (exact) mass is 343 g/mol. The highest BCUT2D eigenvalue weighted by Gasteiger charge is 2.24. The molecule has 0 unspecified atom stereocenters. The van der Waals surface area contributed by atoms with Gasteiger partial charge in [0.1, 0.15) is 5.75 Å². The van der Waals surface area contributed by atoms with Crippen LogP contribution < -0.4 is 15.4 Å². The summed E-state index contributed by atoms with van der Waals surface area (Å²) in [4.78, 5) is 14.2. The van der Waals surface area contributed by atoms with Crippen molar-refractivity contribution in [3.63, 3.8) is 0 Å². The fourth-order valence-corrected chi connectivity index (χ4v) is 2.73. The Morgan fingerprint density at radius 3 is 2.79 bits per heavy atom. The second kappa shape index (κ2) is 9.39. The summed E-state index contributed by atoms with van der Waals surface area (Å²) in [6.45, 7) is 0.246. The zero-order valence-electron chi connectivity index (χ0n) is 13.6. The summed E-state index contributed by atoms with van der Waals surface area (Å²) in [6, 6.07) is 5.77. The number of carbonyl (C=O) groups excluding carboxylic acids is 1. The molecule has 0 spiro atoms. The topological polar surface area (TPSA) is 62.8 Å². The van der Waals surface area contributed by atoms with Crippen molar-refractivity contribution in [2.75, 3.05) is 38.7 Å². The number of anilines is 1. The summed E-state index contributed by atoms with van der Waals surface area (Å²) < 4.78 is 33.5. The summed E-state index contributed by atoms with van der Waals surface area (Å²) in [6.07, 6.45) is 2.16. The molecule has 0 saturated carbocycles. The van der Waals surface area contributed by atoms with Crippen molar-refractivity contribution in [1.29, 1.82) is 0 Å². The largest absolute Gasteiger partial charge is 0.435 e. The SMILES string of the molecule is COCCN1CCC[C@@H]1CNC(=O)Nc1ccc(OC(F)F)cc1. The van der Waals surface area contributed by atoms with Gasteiger partial charge in [-0.05, 0) is 43.7 Å². The van der Waals surface area contributed by atoms with Gasteiger partial charge < -0.3 is 20.1 Å². The Morgan fingerprint density at radius 1 is 1.38 bits per heavy atom. The van der Waals surface area contributed by atoms with Crippen LogP contribution in [0.25, 0.3) is 0 Å². The maximum atomic E-state index is 12.1. The average molecular weight is 343 g/mol. The van der Waals surface area contributed by atoms with E-state index in [9.17, 15) is 13.6 Å². The maximum Gasteiger partial charge on any atom is 0.387 e. The number of amides is 2. The molecule has 134 valence electrons. The highest BCUT2D eigenvalue weighted by Crippen LogP contribution is 2.18. The Labute approximate surface area is 140 Å². The molecule has 0 aliphatic carbocycles. The molecule has 0 bridgehead atoms. The molecule has 6 nitrogen and oxygen atoms in total. The van der Waals surface area contributed by atoms with E-state index in [2.05, 4.69) is 20.3 Å². The van der Waals surface area contributed by atoms with Gasteiger partial charge in [-0.25, -0.2) is 4.79 Å². The number of alkyl halides is 2. The quantitative estimate of drug-likeness (QED) is 0.761. The molecule has 0 radical (unpaired) electrons. The minimum atomic E-state index is -2.86. The molecular formula is C16H23F2N3O3. The van der Waals surface area contributed by atoms with Gasteiger partial charge in [0, 0.05) is 31.9 Å². The predicted octanol–water partition coefficient (Wildman–Crippen LogP) is 2.52. The fraction of sp³-hybridized carbons (Fsp3) is 0.562. The lowest BCUT2D eigenvalue weighted by Gasteiger charge is -2.24. The second-order valence-corrected chi connectivity index (χ2v) is 5.56. The van der Waals surface area contributed by atoms with Gasteiger partial charge in [-0.1, -0.05) is 0 Å². The number of hydrogen-bond acceptors (Lipinski definition) is 4. The maximum absolute atomic E-state index is 12.1. The van der Waals surface area contributed by atoms with Gasteiger partial charge in [0.2, 0.25) is 0 Å². The number of ether oxygens (including phenoxy) is 2. The highest BCUT2D eigenvalue weighted by molar-refractivity contribution is 5.89. The van der Waals surface area contributed by atoms with E-state index in [1.807, 2.05) is 0 Å².